The molecule has 0 aromatic heterocycles. The first-order chi connectivity index (χ1) is 11.1. The van der Waals surface area contributed by atoms with Crippen LogP contribution in [0.5, 0.6) is 0 Å². The van der Waals surface area contributed by atoms with Gasteiger partial charge in [0.2, 0.25) is 0 Å². The van der Waals surface area contributed by atoms with Crippen molar-refractivity contribution in [1.29, 1.82) is 0 Å². The maximum atomic E-state index is 10.8. The van der Waals surface area contributed by atoms with Gasteiger partial charge >= 0.3 is 11.9 Å². The van der Waals surface area contributed by atoms with Gasteiger partial charge in [-0.1, -0.05) is 36.4 Å². The summed E-state index contributed by atoms with van der Waals surface area (Å²) in [6, 6.07) is 17.8. The molecule has 2 aromatic rings. The maximum absolute atomic E-state index is 10.8. The lowest BCUT2D eigenvalue weighted by molar-refractivity contribution is 0.0592. The van der Waals surface area contributed by atoms with Crippen molar-refractivity contribution in [2.24, 2.45) is 5.34 Å². The fraction of sp³-hybridized carbons (Fsp3) is 0.125. The smallest absolute Gasteiger partial charge is 0.337 e. The highest BCUT2D eigenvalue weighted by Crippen LogP contribution is 1.99. The number of benzene rings is 2. The van der Waals surface area contributed by atoms with E-state index in [9.17, 15) is 9.59 Å². The molecular formula is C16H17NO6. The minimum Gasteiger partial charge on any atom is -0.465 e. The van der Waals surface area contributed by atoms with Gasteiger partial charge < -0.3 is 14.7 Å². The van der Waals surface area contributed by atoms with Gasteiger partial charge in [-0.25, -0.2) is 9.59 Å². The zero-order chi connectivity index (χ0) is 17.5. The summed E-state index contributed by atoms with van der Waals surface area (Å²) in [4.78, 5) is 29.7. The van der Waals surface area contributed by atoms with Gasteiger partial charge in [0, 0.05) is 0 Å². The Labute approximate surface area is 133 Å². The molecule has 0 aliphatic rings. The molecule has 0 saturated heterocycles. The molecule has 0 heterocycles. The van der Waals surface area contributed by atoms with E-state index in [1.165, 1.54) is 19.6 Å². The lowest BCUT2D eigenvalue weighted by Gasteiger charge is -1.95. The SMILES string of the molecule is COC(=O)c1ccccc1.COC(=O)c1ccccc1.O=NO. The summed E-state index contributed by atoms with van der Waals surface area (Å²) in [6.45, 7) is 0. The molecule has 0 aliphatic heterocycles. The van der Waals surface area contributed by atoms with Crippen LogP contribution in [0, 0.1) is 4.91 Å². The van der Waals surface area contributed by atoms with E-state index < -0.39 is 0 Å². The summed E-state index contributed by atoms with van der Waals surface area (Å²) in [5.74, 6) is -0.582. The summed E-state index contributed by atoms with van der Waals surface area (Å²) >= 11 is 0. The van der Waals surface area contributed by atoms with Gasteiger partial charge in [0.05, 0.1) is 25.3 Å². The predicted octanol–water partition coefficient (Wildman–Crippen LogP) is 3.09. The number of carbonyl (C=O) groups is 2. The van der Waals surface area contributed by atoms with Gasteiger partial charge in [-0.2, -0.15) is 0 Å². The Morgan fingerprint density at radius 3 is 1.26 bits per heavy atom. The quantitative estimate of drug-likeness (QED) is 0.518. The Balaban J connectivity index is 0.000000360. The molecule has 0 fully saturated rings. The summed E-state index contributed by atoms with van der Waals surface area (Å²) in [5, 5.41) is 7.89. The Kier molecular flexibility index (Phi) is 10.8. The first kappa shape index (κ1) is 19.8. The molecule has 7 heteroatoms. The monoisotopic (exact) mass is 319 g/mol. The van der Waals surface area contributed by atoms with Crippen molar-refractivity contribution >= 4 is 11.9 Å². The second-order valence-corrected chi connectivity index (χ2v) is 3.80. The van der Waals surface area contributed by atoms with Gasteiger partial charge in [0.1, 0.15) is 0 Å². The van der Waals surface area contributed by atoms with Crippen molar-refractivity contribution in [3.05, 3.63) is 76.7 Å². The topological polar surface area (TPSA) is 102 Å². The second-order valence-electron chi connectivity index (χ2n) is 3.80. The van der Waals surface area contributed by atoms with Crippen molar-refractivity contribution in [3.63, 3.8) is 0 Å². The summed E-state index contributed by atoms with van der Waals surface area (Å²) in [5.41, 5.74) is 1.18. The van der Waals surface area contributed by atoms with Crippen LogP contribution in [0.4, 0.5) is 0 Å². The molecule has 0 aliphatic carbocycles. The first-order valence-corrected chi connectivity index (χ1v) is 6.34. The highest BCUT2D eigenvalue weighted by molar-refractivity contribution is 5.89. The van der Waals surface area contributed by atoms with Crippen LogP contribution in [-0.2, 0) is 9.47 Å². The van der Waals surface area contributed by atoms with Crippen molar-refractivity contribution < 1.29 is 24.3 Å². The fourth-order valence-corrected chi connectivity index (χ4v) is 1.38. The normalized spacial score (nSPS) is 8.26. The third-order valence-corrected chi connectivity index (χ3v) is 2.39. The van der Waals surface area contributed by atoms with Gasteiger partial charge in [0.15, 0.2) is 5.34 Å². The zero-order valence-corrected chi connectivity index (χ0v) is 12.7. The number of methoxy groups -OCH3 is 2. The molecule has 122 valence electrons. The highest BCUT2D eigenvalue weighted by atomic mass is 16.6. The van der Waals surface area contributed by atoms with Crippen molar-refractivity contribution in [2.75, 3.05) is 14.2 Å². The average Bonchev–Trinajstić information content (AvgIpc) is 2.63. The Bertz CT molecular complexity index is 535. The molecule has 7 nitrogen and oxygen atoms in total. The van der Waals surface area contributed by atoms with Gasteiger partial charge in [-0.15, -0.1) is 4.91 Å². The molecule has 0 amide bonds. The number of carbonyl (C=O) groups excluding carboxylic acids is 2. The number of hydrogen-bond acceptors (Lipinski definition) is 6. The predicted molar refractivity (Wildman–Crippen MR) is 83.1 cm³/mol. The van der Waals surface area contributed by atoms with Crippen molar-refractivity contribution in [1.82, 2.24) is 0 Å². The van der Waals surface area contributed by atoms with E-state index in [0.717, 1.165) is 0 Å². The number of hydrogen-bond donors (Lipinski definition) is 1. The average molecular weight is 319 g/mol. The molecule has 0 spiro atoms. The van der Waals surface area contributed by atoms with E-state index in [0.29, 0.717) is 11.1 Å². The molecule has 2 rings (SSSR count). The molecule has 23 heavy (non-hydrogen) atoms. The van der Waals surface area contributed by atoms with Crippen LogP contribution in [0.1, 0.15) is 20.7 Å². The maximum Gasteiger partial charge on any atom is 0.337 e. The van der Waals surface area contributed by atoms with Crippen LogP contribution in [0.3, 0.4) is 0 Å². The fourth-order valence-electron chi connectivity index (χ4n) is 1.38. The van der Waals surface area contributed by atoms with Crippen LogP contribution < -0.4 is 0 Å². The van der Waals surface area contributed by atoms with Crippen LogP contribution in [0.15, 0.2) is 66.0 Å². The minimum atomic E-state index is -0.291. The molecule has 1 N–H and O–H groups in total. The lowest BCUT2D eigenvalue weighted by atomic mass is 10.2. The number of rotatable bonds is 2. The number of nitrogens with zero attached hydrogens (tertiary/aromatic N) is 1. The van der Waals surface area contributed by atoms with E-state index in [-0.39, 0.29) is 11.9 Å². The molecule has 0 saturated carbocycles. The van der Waals surface area contributed by atoms with Crippen molar-refractivity contribution in [2.45, 2.75) is 0 Å². The van der Waals surface area contributed by atoms with Crippen LogP contribution in [0.2, 0.25) is 0 Å². The summed E-state index contributed by atoms with van der Waals surface area (Å²) in [7, 11) is 2.74. The second kappa shape index (κ2) is 12.5. The molecule has 0 bridgehead atoms. The Morgan fingerprint density at radius 1 is 0.783 bits per heavy atom. The van der Waals surface area contributed by atoms with E-state index in [4.69, 9.17) is 10.1 Å². The van der Waals surface area contributed by atoms with E-state index in [2.05, 4.69) is 9.47 Å². The molecular weight excluding hydrogens is 302 g/mol. The van der Waals surface area contributed by atoms with E-state index in [1.807, 2.05) is 12.1 Å². The van der Waals surface area contributed by atoms with Gasteiger partial charge in [-0.05, 0) is 24.3 Å². The van der Waals surface area contributed by atoms with Gasteiger partial charge in [0.25, 0.3) is 0 Å². The zero-order valence-electron chi connectivity index (χ0n) is 12.7. The largest absolute Gasteiger partial charge is 0.465 e. The molecule has 0 radical (unpaired) electrons. The molecule has 0 atom stereocenters. The third-order valence-electron chi connectivity index (χ3n) is 2.39. The van der Waals surface area contributed by atoms with Crippen LogP contribution in [-0.4, -0.2) is 31.4 Å². The van der Waals surface area contributed by atoms with Crippen LogP contribution >= 0.6 is 0 Å². The first-order valence-electron chi connectivity index (χ1n) is 6.34. The lowest BCUT2D eigenvalue weighted by Crippen LogP contribution is -1.99. The number of esters is 2. The van der Waals surface area contributed by atoms with Crippen LogP contribution in [0.25, 0.3) is 0 Å². The summed E-state index contributed by atoms with van der Waals surface area (Å²) in [6.07, 6.45) is 0. The molecule has 2 aromatic carbocycles. The summed E-state index contributed by atoms with van der Waals surface area (Å²) < 4.78 is 8.99. The van der Waals surface area contributed by atoms with E-state index >= 15 is 0 Å². The molecule has 0 unspecified atom stereocenters. The Hall–Kier alpha value is -3.22. The standard InChI is InChI=1S/2C8H8O2.HNO2/c2*1-10-8(9)7-5-3-2-4-6-7;2-1-3/h2*2-6H,1H3;(H,2,3). The van der Waals surface area contributed by atoms with Crippen molar-refractivity contribution in [3.8, 4) is 0 Å². The van der Waals surface area contributed by atoms with E-state index in [1.54, 1.807) is 48.5 Å². The highest BCUT2D eigenvalue weighted by Gasteiger charge is 2.01. The minimum absolute atomic E-state index is 0.291. The Morgan fingerprint density at radius 2 is 1.04 bits per heavy atom. The number of ether oxygens (including phenoxy) is 2. The van der Waals surface area contributed by atoms with Gasteiger partial charge in [-0.3, -0.25) is 0 Å². The third kappa shape index (κ3) is 8.61.